The molecule has 5 rings (SSSR count). The number of hydrogen-bond acceptors (Lipinski definition) is 3. The maximum atomic E-state index is 13.5. The normalized spacial score (nSPS) is 16.9. The molecule has 1 aliphatic rings. The second kappa shape index (κ2) is 6.33. The fourth-order valence-corrected chi connectivity index (χ4v) is 3.90. The molecule has 7 nitrogen and oxygen atoms in total. The van der Waals surface area contributed by atoms with Crippen molar-refractivity contribution in [2.24, 2.45) is 7.05 Å². The summed E-state index contributed by atoms with van der Waals surface area (Å²) in [6, 6.07) is 9.97. The molecular formula is C20H19FN6O. The van der Waals surface area contributed by atoms with Crippen molar-refractivity contribution in [3.05, 3.63) is 59.9 Å². The van der Waals surface area contributed by atoms with Gasteiger partial charge in [-0.2, -0.15) is 5.10 Å². The van der Waals surface area contributed by atoms with Gasteiger partial charge in [-0.3, -0.25) is 9.89 Å². The maximum Gasteiger partial charge on any atom is 0.272 e. The number of H-pyrrole nitrogens is 2. The van der Waals surface area contributed by atoms with Crippen LogP contribution in [0.2, 0.25) is 0 Å². The summed E-state index contributed by atoms with van der Waals surface area (Å²) < 4.78 is 15.4. The topological polar surface area (TPSA) is 82.6 Å². The van der Waals surface area contributed by atoms with E-state index >= 15 is 0 Å². The molecule has 2 N–H and O–H groups in total. The van der Waals surface area contributed by atoms with Gasteiger partial charge in [0, 0.05) is 19.8 Å². The Balaban J connectivity index is 1.44. The molecule has 0 saturated carbocycles. The van der Waals surface area contributed by atoms with E-state index in [9.17, 15) is 9.18 Å². The van der Waals surface area contributed by atoms with Crippen LogP contribution in [0.25, 0.3) is 22.4 Å². The number of hydrogen-bond donors (Lipinski definition) is 2. The number of imidazole rings is 1. The molecule has 3 aromatic heterocycles. The van der Waals surface area contributed by atoms with Gasteiger partial charge in [0.25, 0.3) is 5.91 Å². The van der Waals surface area contributed by atoms with Crippen LogP contribution in [0, 0.1) is 5.82 Å². The summed E-state index contributed by atoms with van der Waals surface area (Å²) >= 11 is 0. The molecule has 4 aromatic rings. The van der Waals surface area contributed by atoms with Crippen molar-refractivity contribution in [1.82, 2.24) is 29.6 Å². The quantitative estimate of drug-likeness (QED) is 0.573. The summed E-state index contributed by atoms with van der Waals surface area (Å²) in [5.74, 6) is 0.267. The summed E-state index contributed by atoms with van der Waals surface area (Å²) in [5.41, 5.74) is 3.45. The lowest BCUT2D eigenvalue weighted by molar-refractivity contribution is 0.0724. The number of nitrogens with zero attached hydrogens (tertiary/aromatic N) is 4. The van der Waals surface area contributed by atoms with E-state index in [2.05, 4.69) is 20.2 Å². The number of aromatic nitrogens is 5. The van der Waals surface area contributed by atoms with Gasteiger partial charge in [-0.25, -0.2) is 9.37 Å². The molecule has 28 heavy (non-hydrogen) atoms. The number of fused-ring (bicyclic) bond motifs is 1. The van der Waals surface area contributed by atoms with E-state index in [1.807, 2.05) is 29.9 Å². The van der Waals surface area contributed by atoms with Crippen LogP contribution in [0.15, 0.2) is 42.6 Å². The average Bonchev–Trinajstić information content (AvgIpc) is 3.45. The van der Waals surface area contributed by atoms with E-state index in [1.165, 1.54) is 12.1 Å². The molecule has 142 valence electrons. The second-order valence-corrected chi connectivity index (χ2v) is 7.11. The van der Waals surface area contributed by atoms with Crippen LogP contribution >= 0.6 is 0 Å². The van der Waals surface area contributed by atoms with Crippen LogP contribution in [-0.2, 0) is 7.05 Å². The zero-order chi connectivity index (χ0) is 19.3. The number of halogens is 1. The van der Waals surface area contributed by atoms with E-state index in [0.717, 1.165) is 24.2 Å². The standard InChI is InChI=1S/C20H19FN6O/c1-26-8-2-4-17(26)15-11-16(25-24-15)20(28)27-9-3-5-18(27)19-22-13-7-6-12(21)10-14(13)23-19/h2,4,6-8,10-11,18H,3,5,9H2,1H3,(H,22,23)(H,24,25). The number of aromatic amines is 2. The Labute approximate surface area is 160 Å². The first-order chi connectivity index (χ1) is 13.6. The molecule has 8 heteroatoms. The highest BCUT2D eigenvalue weighted by Gasteiger charge is 2.33. The van der Waals surface area contributed by atoms with Gasteiger partial charge in [0.15, 0.2) is 0 Å². The minimum atomic E-state index is -0.312. The van der Waals surface area contributed by atoms with Crippen LogP contribution in [0.4, 0.5) is 4.39 Å². The Morgan fingerprint density at radius 1 is 1.29 bits per heavy atom. The van der Waals surface area contributed by atoms with Gasteiger partial charge in [0.1, 0.15) is 23.0 Å². The first-order valence-electron chi connectivity index (χ1n) is 9.23. The number of nitrogens with one attached hydrogen (secondary N) is 2. The Morgan fingerprint density at radius 3 is 3.00 bits per heavy atom. The Bertz CT molecular complexity index is 1170. The highest BCUT2D eigenvalue weighted by atomic mass is 19.1. The molecule has 0 radical (unpaired) electrons. The minimum Gasteiger partial charge on any atom is -0.349 e. The largest absolute Gasteiger partial charge is 0.349 e. The second-order valence-electron chi connectivity index (χ2n) is 7.11. The number of rotatable bonds is 3. The summed E-state index contributed by atoms with van der Waals surface area (Å²) in [4.78, 5) is 22.7. The van der Waals surface area contributed by atoms with Crippen LogP contribution in [0.5, 0.6) is 0 Å². The van der Waals surface area contributed by atoms with Crippen LogP contribution in [0.3, 0.4) is 0 Å². The predicted octanol–water partition coefficient (Wildman–Crippen LogP) is 3.41. The van der Waals surface area contributed by atoms with Crippen molar-refractivity contribution in [2.75, 3.05) is 6.54 Å². The molecule has 0 aliphatic carbocycles. The van der Waals surface area contributed by atoms with Crippen molar-refractivity contribution in [3.63, 3.8) is 0 Å². The molecule has 1 atom stereocenters. The van der Waals surface area contributed by atoms with E-state index in [0.29, 0.717) is 29.1 Å². The van der Waals surface area contributed by atoms with Gasteiger partial charge in [0.05, 0.1) is 22.8 Å². The maximum absolute atomic E-state index is 13.5. The van der Waals surface area contributed by atoms with E-state index in [1.54, 1.807) is 17.0 Å². The molecule has 1 fully saturated rings. The van der Waals surface area contributed by atoms with Crippen LogP contribution in [0.1, 0.15) is 35.2 Å². The van der Waals surface area contributed by atoms with E-state index < -0.39 is 0 Å². The first kappa shape index (κ1) is 16.7. The highest BCUT2D eigenvalue weighted by molar-refractivity contribution is 5.93. The van der Waals surface area contributed by atoms with E-state index in [4.69, 9.17) is 0 Å². The minimum absolute atomic E-state index is 0.109. The van der Waals surface area contributed by atoms with Gasteiger partial charge in [-0.15, -0.1) is 0 Å². The van der Waals surface area contributed by atoms with Gasteiger partial charge < -0.3 is 14.5 Å². The lowest BCUT2D eigenvalue weighted by atomic mass is 10.2. The number of likely N-dealkylation sites (tertiary alicyclic amines) is 1. The number of carbonyl (C=O) groups excluding carboxylic acids is 1. The van der Waals surface area contributed by atoms with Crippen molar-refractivity contribution in [1.29, 1.82) is 0 Å². The third-order valence-electron chi connectivity index (χ3n) is 5.31. The number of aryl methyl sites for hydroxylation is 1. The Morgan fingerprint density at radius 2 is 2.18 bits per heavy atom. The molecule has 0 spiro atoms. The monoisotopic (exact) mass is 378 g/mol. The third-order valence-corrected chi connectivity index (χ3v) is 5.31. The Kier molecular flexibility index (Phi) is 3.78. The van der Waals surface area contributed by atoms with E-state index in [-0.39, 0.29) is 17.8 Å². The molecule has 1 amide bonds. The molecular weight excluding hydrogens is 359 g/mol. The third kappa shape index (κ3) is 2.69. The summed E-state index contributed by atoms with van der Waals surface area (Å²) in [6.45, 7) is 0.646. The zero-order valence-corrected chi connectivity index (χ0v) is 15.3. The van der Waals surface area contributed by atoms with Crippen LogP contribution < -0.4 is 0 Å². The zero-order valence-electron chi connectivity index (χ0n) is 15.3. The number of amides is 1. The number of benzene rings is 1. The fraction of sp³-hybridized carbons (Fsp3) is 0.250. The lowest BCUT2D eigenvalue weighted by Gasteiger charge is -2.22. The summed E-state index contributed by atoms with van der Waals surface area (Å²) in [6.07, 6.45) is 3.64. The van der Waals surface area contributed by atoms with Crippen molar-refractivity contribution in [3.8, 4) is 11.4 Å². The van der Waals surface area contributed by atoms with Gasteiger partial charge in [0.2, 0.25) is 0 Å². The lowest BCUT2D eigenvalue weighted by Crippen LogP contribution is -2.31. The molecule has 1 aliphatic heterocycles. The molecule has 4 heterocycles. The summed E-state index contributed by atoms with van der Waals surface area (Å²) in [7, 11) is 1.94. The molecule has 1 saturated heterocycles. The van der Waals surface area contributed by atoms with Crippen molar-refractivity contribution < 1.29 is 9.18 Å². The fourth-order valence-electron chi connectivity index (χ4n) is 3.90. The predicted molar refractivity (Wildman–Crippen MR) is 102 cm³/mol. The van der Waals surface area contributed by atoms with Gasteiger partial charge in [-0.1, -0.05) is 0 Å². The summed E-state index contributed by atoms with van der Waals surface area (Å²) in [5, 5.41) is 7.17. The Hall–Kier alpha value is -3.42. The smallest absolute Gasteiger partial charge is 0.272 e. The molecule has 0 bridgehead atoms. The number of carbonyl (C=O) groups is 1. The highest BCUT2D eigenvalue weighted by Crippen LogP contribution is 2.33. The van der Waals surface area contributed by atoms with Crippen molar-refractivity contribution >= 4 is 16.9 Å². The van der Waals surface area contributed by atoms with Gasteiger partial charge in [-0.05, 0) is 49.2 Å². The van der Waals surface area contributed by atoms with Gasteiger partial charge >= 0.3 is 0 Å². The van der Waals surface area contributed by atoms with Crippen molar-refractivity contribution in [2.45, 2.75) is 18.9 Å². The van der Waals surface area contributed by atoms with Crippen LogP contribution in [-0.4, -0.2) is 42.1 Å². The first-order valence-corrected chi connectivity index (χ1v) is 9.23. The molecule has 1 aromatic carbocycles. The SMILES string of the molecule is Cn1cccc1-c1cc(C(=O)N2CCCC2c2nc3ccc(F)cc3[nH]2)[nH]n1. The average molecular weight is 378 g/mol. The molecule has 1 unspecified atom stereocenters.